The zero-order chi connectivity index (χ0) is 27.5. The van der Waals surface area contributed by atoms with E-state index in [9.17, 15) is 19.7 Å². The van der Waals surface area contributed by atoms with Gasteiger partial charge < -0.3 is 15.2 Å². The lowest BCUT2D eigenvalue weighted by atomic mass is 9.80. The van der Waals surface area contributed by atoms with Crippen LogP contribution in [0, 0.1) is 22.0 Å². The lowest BCUT2D eigenvalue weighted by molar-refractivity contribution is -0.535. The first-order valence-electron chi connectivity index (χ1n) is 13.4. The molecule has 1 saturated heterocycles. The van der Waals surface area contributed by atoms with Crippen LogP contribution in [0.5, 0.6) is 0 Å². The number of nitro groups is 1. The van der Waals surface area contributed by atoms with Crippen LogP contribution in [0.2, 0.25) is 0 Å². The van der Waals surface area contributed by atoms with Crippen LogP contribution >= 0.6 is 0 Å². The third kappa shape index (κ3) is 7.85. The average Bonchev–Trinajstić information content (AvgIpc) is 3.32. The van der Waals surface area contributed by atoms with Crippen LogP contribution < -0.4 is 10.6 Å². The van der Waals surface area contributed by atoms with Crippen LogP contribution in [-0.4, -0.2) is 46.6 Å². The minimum absolute atomic E-state index is 0.0196. The second-order valence-corrected chi connectivity index (χ2v) is 10.0. The summed E-state index contributed by atoms with van der Waals surface area (Å²) >= 11 is 0. The van der Waals surface area contributed by atoms with E-state index in [1.807, 2.05) is 74.5 Å². The number of carbonyl (C=O) groups excluding carboxylic acids is 1. The number of aliphatic carboxylic acids is 1. The van der Waals surface area contributed by atoms with E-state index in [1.54, 1.807) is 0 Å². The van der Waals surface area contributed by atoms with Gasteiger partial charge in [0.2, 0.25) is 11.9 Å². The quantitative estimate of drug-likeness (QED) is 0.179. The highest BCUT2D eigenvalue weighted by Gasteiger charge is 2.57. The Balaban J connectivity index is 1.85. The van der Waals surface area contributed by atoms with E-state index in [0.717, 1.165) is 17.5 Å². The molecule has 0 spiro atoms. The summed E-state index contributed by atoms with van der Waals surface area (Å²) in [6, 6.07) is 16.4. The highest BCUT2D eigenvalue weighted by atomic mass is 16.6. The number of rotatable bonds is 15. The molecule has 1 aliphatic rings. The molecule has 9 nitrogen and oxygen atoms in total. The number of carboxylic acid groups (broad SMARTS) is 1. The maximum absolute atomic E-state index is 13.5. The zero-order valence-electron chi connectivity index (χ0n) is 22.1. The zero-order valence-corrected chi connectivity index (χ0v) is 22.1. The van der Waals surface area contributed by atoms with Crippen LogP contribution in [0.4, 0.5) is 0 Å². The Morgan fingerprint density at radius 1 is 1.08 bits per heavy atom. The minimum Gasteiger partial charge on any atom is -0.481 e. The van der Waals surface area contributed by atoms with Gasteiger partial charge in [-0.1, -0.05) is 87.4 Å². The smallest absolute Gasteiger partial charge is 0.303 e. The molecule has 0 saturated carbocycles. The predicted octanol–water partition coefficient (Wildman–Crippen LogP) is 4.35. The molecule has 3 N–H and O–H groups in total. The van der Waals surface area contributed by atoms with Crippen molar-refractivity contribution in [2.75, 3.05) is 6.54 Å². The maximum Gasteiger partial charge on any atom is 0.303 e. The molecule has 1 amide bonds. The van der Waals surface area contributed by atoms with Gasteiger partial charge in [0.15, 0.2) is 0 Å². The second-order valence-electron chi connectivity index (χ2n) is 10.0. The fourth-order valence-electron chi connectivity index (χ4n) is 5.23. The molecule has 2 aromatic carbocycles. The highest BCUT2D eigenvalue weighted by molar-refractivity contribution is 5.83. The van der Waals surface area contributed by atoms with E-state index in [4.69, 9.17) is 9.84 Å². The molecule has 206 valence electrons. The molecule has 3 rings (SSSR count). The molecular weight excluding hydrogens is 486 g/mol. The Bertz CT molecular complexity index is 1040. The molecule has 3 unspecified atom stereocenters. The lowest BCUT2D eigenvalue weighted by Crippen LogP contribution is -2.51. The molecule has 2 aromatic rings. The average molecular weight is 526 g/mol. The second kappa shape index (κ2) is 14.6. The molecule has 38 heavy (non-hydrogen) atoms. The van der Waals surface area contributed by atoms with Crippen molar-refractivity contribution in [3.63, 3.8) is 0 Å². The number of ether oxygens (including phenoxy) is 1. The summed E-state index contributed by atoms with van der Waals surface area (Å²) in [7, 11) is 0. The van der Waals surface area contributed by atoms with Crippen LogP contribution in [0.1, 0.15) is 63.1 Å². The predicted molar refractivity (Wildman–Crippen MR) is 144 cm³/mol. The largest absolute Gasteiger partial charge is 0.481 e. The molecule has 0 radical (unpaired) electrons. The number of nitrogens with one attached hydrogen (secondary N) is 2. The normalized spacial score (nSPS) is 22.5. The molecule has 0 aliphatic carbocycles. The van der Waals surface area contributed by atoms with Gasteiger partial charge in [-0.25, -0.2) is 0 Å². The number of carbonyl (C=O) groups is 2. The third-order valence-corrected chi connectivity index (χ3v) is 7.40. The summed E-state index contributed by atoms with van der Waals surface area (Å²) in [6.07, 6.45) is 2.17. The molecule has 6 atom stereocenters. The first-order valence-corrected chi connectivity index (χ1v) is 13.4. The monoisotopic (exact) mass is 525 g/mol. The summed E-state index contributed by atoms with van der Waals surface area (Å²) in [6.45, 7) is 4.71. The Kier molecular flexibility index (Phi) is 11.2. The summed E-state index contributed by atoms with van der Waals surface area (Å²) in [5.74, 6) is -1.85. The summed E-state index contributed by atoms with van der Waals surface area (Å²) in [4.78, 5) is 36.5. The van der Waals surface area contributed by atoms with E-state index in [2.05, 4.69) is 10.6 Å². The first kappa shape index (κ1) is 29.3. The van der Waals surface area contributed by atoms with Gasteiger partial charge in [0, 0.05) is 17.9 Å². The van der Waals surface area contributed by atoms with Gasteiger partial charge in [0.1, 0.15) is 6.04 Å². The summed E-state index contributed by atoms with van der Waals surface area (Å²) < 4.78 is 6.41. The fourth-order valence-corrected chi connectivity index (χ4v) is 5.23. The fraction of sp³-hybridized carbons (Fsp3) is 0.517. The van der Waals surface area contributed by atoms with Gasteiger partial charge in [-0.2, -0.15) is 0 Å². The van der Waals surface area contributed by atoms with Crippen molar-refractivity contribution >= 4 is 11.9 Å². The van der Waals surface area contributed by atoms with E-state index in [0.29, 0.717) is 32.4 Å². The Morgan fingerprint density at radius 3 is 2.34 bits per heavy atom. The van der Waals surface area contributed by atoms with Crippen LogP contribution in [-0.2, 0) is 20.9 Å². The Hall–Kier alpha value is -3.30. The SMILES string of the molecule is CC[C@H](C)C(OCc1ccccc1)C1C([N+](=O)[O-])[C@H](c2ccccc2)N[C@@H]1C(=O)NCCCCCC(=O)O. The van der Waals surface area contributed by atoms with Crippen molar-refractivity contribution in [2.24, 2.45) is 11.8 Å². The summed E-state index contributed by atoms with van der Waals surface area (Å²) in [5.41, 5.74) is 1.72. The van der Waals surface area contributed by atoms with Crippen molar-refractivity contribution in [2.45, 2.75) is 76.8 Å². The number of unbranched alkanes of at least 4 members (excludes halogenated alkanes) is 2. The maximum atomic E-state index is 13.5. The van der Waals surface area contributed by atoms with E-state index in [-0.39, 0.29) is 23.2 Å². The van der Waals surface area contributed by atoms with Crippen molar-refractivity contribution in [3.05, 3.63) is 81.9 Å². The van der Waals surface area contributed by atoms with Crippen molar-refractivity contribution < 1.29 is 24.4 Å². The van der Waals surface area contributed by atoms with E-state index < -0.39 is 36.1 Å². The minimum atomic E-state index is -1.06. The molecule has 1 heterocycles. The molecule has 1 aliphatic heterocycles. The molecule has 0 aromatic heterocycles. The molecule has 9 heteroatoms. The van der Waals surface area contributed by atoms with Gasteiger partial charge in [-0.05, 0) is 29.9 Å². The molecule has 1 fully saturated rings. The van der Waals surface area contributed by atoms with Gasteiger partial charge >= 0.3 is 5.97 Å². The number of nitrogens with zero attached hydrogens (tertiary/aromatic N) is 1. The number of hydrogen-bond acceptors (Lipinski definition) is 6. The molecular formula is C29H39N3O6. The van der Waals surface area contributed by atoms with E-state index >= 15 is 0 Å². The Morgan fingerprint density at radius 2 is 1.74 bits per heavy atom. The van der Waals surface area contributed by atoms with Crippen LogP contribution in [0.3, 0.4) is 0 Å². The standard InChI is InChI=1S/C29H39N3O6/c1-3-20(2)28(38-19-21-13-7-4-8-14-21)24-26(29(35)30-18-12-6-11-17-23(33)34)31-25(27(24)32(36)37)22-15-9-5-10-16-22/h4-5,7-10,13-16,20,24-28,31H,3,6,11-12,17-19H2,1-2H3,(H,30,35)(H,33,34)/t20-,24?,25-,26-,27?,28?/m0/s1. The van der Waals surface area contributed by atoms with Gasteiger partial charge in [0.25, 0.3) is 0 Å². The van der Waals surface area contributed by atoms with Gasteiger partial charge in [-0.3, -0.25) is 25.0 Å². The number of benzene rings is 2. The number of carboxylic acids is 1. The molecule has 0 bridgehead atoms. The lowest BCUT2D eigenvalue weighted by Gasteiger charge is -2.32. The number of amides is 1. The van der Waals surface area contributed by atoms with Crippen molar-refractivity contribution in [3.8, 4) is 0 Å². The van der Waals surface area contributed by atoms with Crippen molar-refractivity contribution in [1.29, 1.82) is 0 Å². The highest BCUT2D eigenvalue weighted by Crippen LogP contribution is 2.39. The van der Waals surface area contributed by atoms with Crippen molar-refractivity contribution in [1.82, 2.24) is 10.6 Å². The third-order valence-electron chi connectivity index (χ3n) is 7.40. The van der Waals surface area contributed by atoms with Crippen LogP contribution in [0.25, 0.3) is 0 Å². The number of hydrogen-bond donors (Lipinski definition) is 3. The van der Waals surface area contributed by atoms with Gasteiger partial charge in [-0.15, -0.1) is 0 Å². The van der Waals surface area contributed by atoms with Crippen LogP contribution in [0.15, 0.2) is 60.7 Å². The van der Waals surface area contributed by atoms with E-state index in [1.165, 1.54) is 0 Å². The first-order chi connectivity index (χ1) is 18.3. The summed E-state index contributed by atoms with van der Waals surface area (Å²) in [5, 5.41) is 27.6. The Labute approximate surface area is 224 Å². The topological polar surface area (TPSA) is 131 Å². The van der Waals surface area contributed by atoms with Gasteiger partial charge in [0.05, 0.1) is 24.7 Å².